The number of ether oxygens (including phenoxy) is 6. The standard InChI is InChI=1S/C25H21NO10/c1-31-22(27)20(16-9-5-3-6-10-16)35-24(29)33-18-13-14-19(26-15-18)34-25(30)36-21(23(28)32-2)17-11-7-4-8-12-17/h3-15,20-21H,1-2H3. The number of rotatable bonds is 8. The van der Waals surface area contributed by atoms with Crippen molar-refractivity contribution in [1.82, 2.24) is 4.98 Å². The number of carbonyl (C=O) groups is 4. The summed E-state index contributed by atoms with van der Waals surface area (Å²) in [4.78, 5) is 52.3. The van der Waals surface area contributed by atoms with Gasteiger partial charge in [0.1, 0.15) is 0 Å². The highest BCUT2D eigenvalue weighted by molar-refractivity contribution is 5.80. The van der Waals surface area contributed by atoms with E-state index in [2.05, 4.69) is 14.5 Å². The number of aromatic nitrogens is 1. The van der Waals surface area contributed by atoms with Crippen molar-refractivity contribution in [2.45, 2.75) is 12.2 Å². The first-order valence-corrected chi connectivity index (χ1v) is 10.4. The predicted molar refractivity (Wildman–Crippen MR) is 121 cm³/mol. The molecule has 1 aromatic heterocycles. The summed E-state index contributed by atoms with van der Waals surface area (Å²) >= 11 is 0. The lowest BCUT2D eigenvalue weighted by Gasteiger charge is -2.16. The van der Waals surface area contributed by atoms with E-state index in [-0.39, 0.29) is 11.6 Å². The van der Waals surface area contributed by atoms with E-state index in [1.807, 2.05) is 0 Å². The van der Waals surface area contributed by atoms with Gasteiger partial charge in [-0.3, -0.25) is 0 Å². The predicted octanol–water partition coefficient (Wildman–Crippen LogP) is 3.94. The molecule has 0 spiro atoms. The molecule has 0 bridgehead atoms. The summed E-state index contributed by atoms with van der Waals surface area (Å²) in [6.45, 7) is 0. The Morgan fingerprint density at radius 1 is 0.639 bits per heavy atom. The molecule has 1 heterocycles. The molecular formula is C25H21NO10. The van der Waals surface area contributed by atoms with Crippen LogP contribution in [0.1, 0.15) is 23.3 Å². The van der Waals surface area contributed by atoms with Crippen LogP contribution in [0.15, 0.2) is 79.0 Å². The van der Waals surface area contributed by atoms with Crippen LogP contribution in [0.4, 0.5) is 9.59 Å². The van der Waals surface area contributed by atoms with Gasteiger partial charge in [0.05, 0.1) is 20.4 Å². The van der Waals surface area contributed by atoms with Crippen LogP contribution < -0.4 is 9.47 Å². The van der Waals surface area contributed by atoms with Crippen molar-refractivity contribution in [2.75, 3.05) is 14.2 Å². The summed E-state index contributed by atoms with van der Waals surface area (Å²) in [5.41, 5.74) is 0.778. The van der Waals surface area contributed by atoms with E-state index in [0.717, 1.165) is 20.4 Å². The molecule has 0 aliphatic rings. The minimum Gasteiger partial charge on any atom is -0.466 e. The zero-order valence-electron chi connectivity index (χ0n) is 19.2. The van der Waals surface area contributed by atoms with Crippen molar-refractivity contribution < 1.29 is 47.6 Å². The number of pyridine rings is 1. The van der Waals surface area contributed by atoms with Crippen LogP contribution in [0.2, 0.25) is 0 Å². The molecule has 186 valence electrons. The van der Waals surface area contributed by atoms with Gasteiger partial charge in [0.25, 0.3) is 0 Å². The zero-order chi connectivity index (χ0) is 25.9. The molecule has 2 unspecified atom stereocenters. The summed E-state index contributed by atoms with van der Waals surface area (Å²) in [5, 5.41) is 0. The summed E-state index contributed by atoms with van der Waals surface area (Å²) in [6, 6.07) is 19.0. The van der Waals surface area contributed by atoms with Crippen molar-refractivity contribution in [2.24, 2.45) is 0 Å². The van der Waals surface area contributed by atoms with E-state index in [1.54, 1.807) is 60.7 Å². The summed E-state index contributed by atoms with van der Waals surface area (Å²) < 4.78 is 29.5. The average Bonchev–Trinajstić information content (AvgIpc) is 2.91. The van der Waals surface area contributed by atoms with Crippen molar-refractivity contribution in [1.29, 1.82) is 0 Å². The number of esters is 2. The van der Waals surface area contributed by atoms with E-state index in [1.165, 1.54) is 12.1 Å². The van der Waals surface area contributed by atoms with Gasteiger partial charge in [0.15, 0.2) is 5.75 Å². The molecule has 11 nitrogen and oxygen atoms in total. The molecule has 0 saturated carbocycles. The highest BCUT2D eigenvalue weighted by Gasteiger charge is 2.28. The van der Waals surface area contributed by atoms with Crippen LogP contribution in [-0.2, 0) is 28.5 Å². The van der Waals surface area contributed by atoms with E-state index >= 15 is 0 Å². The molecule has 0 saturated heterocycles. The number of nitrogens with zero attached hydrogens (tertiary/aromatic N) is 1. The SMILES string of the molecule is COC(=O)C(OC(=O)Oc1ccc(OC(=O)OC(C(=O)OC)c2ccccc2)nc1)c1ccccc1. The monoisotopic (exact) mass is 495 g/mol. The van der Waals surface area contributed by atoms with Crippen molar-refractivity contribution in [3.05, 3.63) is 90.1 Å². The second-order valence-corrected chi connectivity index (χ2v) is 6.90. The van der Waals surface area contributed by atoms with E-state index < -0.39 is 36.5 Å². The maximum atomic E-state index is 12.2. The fourth-order valence-corrected chi connectivity index (χ4v) is 2.88. The van der Waals surface area contributed by atoms with Crippen molar-refractivity contribution >= 4 is 24.2 Å². The number of hydrogen-bond acceptors (Lipinski definition) is 11. The van der Waals surface area contributed by atoms with Crippen LogP contribution in [0.3, 0.4) is 0 Å². The Balaban J connectivity index is 1.59. The van der Waals surface area contributed by atoms with E-state index in [0.29, 0.717) is 11.1 Å². The lowest BCUT2D eigenvalue weighted by molar-refractivity contribution is -0.152. The van der Waals surface area contributed by atoms with Gasteiger partial charge in [-0.25, -0.2) is 24.2 Å². The topological polar surface area (TPSA) is 137 Å². The van der Waals surface area contributed by atoms with Crippen LogP contribution in [0, 0.1) is 0 Å². The number of benzene rings is 2. The van der Waals surface area contributed by atoms with Gasteiger partial charge < -0.3 is 28.4 Å². The lowest BCUT2D eigenvalue weighted by Crippen LogP contribution is -2.23. The van der Waals surface area contributed by atoms with Crippen LogP contribution in [-0.4, -0.2) is 43.5 Å². The molecule has 2 aromatic carbocycles. The lowest BCUT2D eigenvalue weighted by atomic mass is 10.1. The Kier molecular flexibility index (Phi) is 8.93. The molecule has 11 heteroatoms. The Morgan fingerprint density at radius 3 is 1.53 bits per heavy atom. The Bertz CT molecular complexity index is 1090. The Morgan fingerprint density at radius 2 is 1.11 bits per heavy atom. The smallest absolute Gasteiger partial charge is 0.466 e. The van der Waals surface area contributed by atoms with Gasteiger partial charge in [-0.1, -0.05) is 60.7 Å². The first-order valence-electron chi connectivity index (χ1n) is 10.4. The molecule has 3 rings (SSSR count). The van der Waals surface area contributed by atoms with E-state index in [4.69, 9.17) is 18.9 Å². The molecule has 0 aliphatic heterocycles. The molecule has 0 fully saturated rings. The third-order valence-electron chi connectivity index (χ3n) is 4.56. The highest BCUT2D eigenvalue weighted by atomic mass is 16.7. The van der Waals surface area contributed by atoms with Gasteiger partial charge in [0.2, 0.25) is 18.1 Å². The van der Waals surface area contributed by atoms with Crippen molar-refractivity contribution in [3.8, 4) is 11.6 Å². The molecule has 0 radical (unpaired) electrons. The number of hydrogen-bond donors (Lipinski definition) is 0. The highest BCUT2D eigenvalue weighted by Crippen LogP contribution is 2.23. The minimum atomic E-state index is -1.34. The molecule has 2 atom stereocenters. The van der Waals surface area contributed by atoms with Crippen molar-refractivity contribution in [3.63, 3.8) is 0 Å². The first kappa shape index (κ1) is 25.7. The first-order chi connectivity index (χ1) is 17.4. The number of carbonyl (C=O) groups excluding carboxylic acids is 4. The van der Waals surface area contributed by atoms with Gasteiger partial charge in [-0.05, 0) is 6.07 Å². The Hall–Kier alpha value is -4.93. The third kappa shape index (κ3) is 7.03. The Labute approximate surface area is 205 Å². The van der Waals surface area contributed by atoms with E-state index in [9.17, 15) is 19.2 Å². The molecular weight excluding hydrogens is 474 g/mol. The molecule has 0 N–H and O–H groups in total. The fraction of sp³-hybridized carbons (Fsp3) is 0.160. The molecule has 36 heavy (non-hydrogen) atoms. The maximum Gasteiger partial charge on any atom is 0.516 e. The summed E-state index contributed by atoms with van der Waals surface area (Å²) in [5.74, 6) is -1.85. The molecule has 3 aromatic rings. The van der Waals surface area contributed by atoms with Gasteiger partial charge >= 0.3 is 24.2 Å². The van der Waals surface area contributed by atoms with Gasteiger partial charge in [-0.2, -0.15) is 0 Å². The molecule has 0 amide bonds. The molecule has 0 aliphatic carbocycles. The summed E-state index contributed by atoms with van der Waals surface area (Å²) in [7, 11) is 2.32. The summed E-state index contributed by atoms with van der Waals surface area (Å²) in [6.07, 6.45) is -3.99. The van der Waals surface area contributed by atoms with Crippen LogP contribution in [0.5, 0.6) is 11.6 Å². The van der Waals surface area contributed by atoms with Gasteiger partial charge in [-0.15, -0.1) is 0 Å². The quantitative estimate of drug-likeness (QED) is 0.332. The fourth-order valence-electron chi connectivity index (χ4n) is 2.88. The number of methoxy groups -OCH3 is 2. The average molecular weight is 495 g/mol. The van der Waals surface area contributed by atoms with Crippen LogP contribution in [0.25, 0.3) is 0 Å². The second kappa shape index (κ2) is 12.5. The van der Waals surface area contributed by atoms with Gasteiger partial charge in [0, 0.05) is 17.2 Å². The van der Waals surface area contributed by atoms with Crippen LogP contribution >= 0.6 is 0 Å². The normalized spacial score (nSPS) is 11.8. The minimum absolute atomic E-state index is 0.0610. The third-order valence-corrected chi connectivity index (χ3v) is 4.56. The maximum absolute atomic E-state index is 12.2. The zero-order valence-corrected chi connectivity index (χ0v) is 19.2. The second-order valence-electron chi connectivity index (χ2n) is 6.90. The largest absolute Gasteiger partial charge is 0.516 e.